The quantitative estimate of drug-likeness (QED) is 0.604. The summed E-state index contributed by atoms with van der Waals surface area (Å²) in [5, 5.41) is 0. The summed E-state index contributed by atoms with van der Waals surface area (Å²) in [7, 11) is -0.764. The number of aliphatic imine (C=N–C) groups is 1. The molecule has 2 aliphatic heterocycles. The van der Waals surface area contributed by atoms with Gasteiger partial charge in [-0.1, -0.05) is 0 Å². The normalized spacial score (nSPS) is 19.1. The Morgan fingerprint density at radius 1 is 1.09 bits per heavy atom. The molecule has 1 saturated heterocycles. The smallest absolute Gasteiger partial charge is 0.377 e. The van der Waals surface area contributed by atoms with Crippen LogP contribution >= 0.6 is 0 Å². The highest BCUT2D eigenvalue weighted by Crippen LogP contribution is 2.19. The van der Waals surface area contributed by atoms with E-state index in [1.54, 1.807) is 7.11 Å². The maximum Gasteiger partial charge on any atom is 0.500 e. The number of rotatable bonds is 9. The van der Waals surface area contributed by atoms with Crippen LogP contribution in [0, 0.1) is 0 Å². The highest BCUT2D eigenvalue weighted by Gasteiger charge is 2.39. The van der Waals surface area contributed by atoms with Crippen molar-refractivity contribution in [3.8, 4) is 0 Å². The van der Waals surface area contributed by atoms with Crippen LogP contribution in [-0.4, -0.2) is 77.6 Å². The van der Waals surface area contributed by atoms with E-state index in [4.69, 9.17) is 18.3 Å². The third kappa shape index (κ3) is 4.44. The zero-order valence-corrected chi connectivity index (χ0v) is 15.3. The van der Waals surface area contributed by atoms with E-state index in [9.17, 15) is 0 Å². The van der Waals surface area contributed by atoms with E-state index in [1.807, 2.05) is 13.8 Å². The second-order valence-corrected chi connectivity index (χ2v) is 8.57. The Kier molecular flexibility index (Phi) is 7.13. The minimum atomic E-state index is -2.48. The molecule has 0 aromatic rings. The zero-order valence-electron chi connectivity index (χ0n) is 14.3. The van der Waals surface area contributed by atoms with Crippen LogP contribution in [0.25, 0.3) is 0 Å². The van der Waals surface area contributed by atoms with Gasteiger partial charge in [-0.3, -0.25) is 4.99 Å². The van der Waals surface area contributed by atoms with Gasteiger partial charge in [-0.15, -0.1) is 0 Å². The molecular weight excluding hydrogens is 298 g/mol. The molecule has 2 heterocycles. The first-order valence-electron chi connectivity index (χ1n) is 8.62. The topological polar surface area (TPSA) is 46.5 Å². The lowest BCUT2D eigenvalue weighted by molar-refractivity contribution is 0.0853. The van der Waals surface area contributed by atoms with E-state index < -0.39 is 8.80 Å². The zero-order chi connectivity index (χ0) is 15.8. The molecule has 22 heavy (non-hydrogen) atoms. The molecule has 0 amide bonds. The average molecular weight is 330 g/mol. The van der Waals surface area contributed by atoms with Crippen molar-refractivity contribution in [2.24, 2.45) is 4.99 Å². The number of guanidine groups is 1. The summed E-state index contributed by atoms with van der Waals surface area (Å²) in [6, 6.07) is 0.870. The van der Waals surface area contributed by atoms with Gasteiger partial charge in [-0.2, -0.15) is 0 Å². The average Bonchev–Trinajstić information content (AvgIpc) is 2.55. The van der Waals surface area contributed by atoms with Gasteiger partial charge in [0.2, 0.25) is 0 Å². The van der Waals surface area contributed by atoms with Gasteiger partial charge in [-0.05, 0) is 33.1 Å². The van der Waals surface area contributed by atoms with Gasteiger partial charge in [0, 0.05) is 59.1 Å². The van der Waals surface area contributed by atoms with E-state index in [0.29, 0.717) is 13.2 Å². The number of hydrogen-bond acceptors (Lipinski definition) is 6. The second-order valence-electron chi connectivity index (χ2n) is 5.72. The molecule has 0 unspecified atom stereocenters. The van der Waals surface area contributed by atoms with E-state index in [-0.39, 0.29) is 0 Å². The lowest BCUT2D eigenvalue weighted by atomic mass is 10.2. The predicted octanol–water partition coefficient (Wildman–Crippen LogP) is 1.80. The summed E-state index contributed by atoms with van der Waals surface area (Å²) in [6.07, 6.45) is 3.43. The second kappa shape index (κ2) is 8.86. The lowest BCUT2D eigenvalue weighted by Gasteiger charge is -2.41. The van der Waals surface area contributed by atoms with Crippen LogP contribution in [0.4, 0.5) is 0 Å². The monoisotopic (exact) mass is 329 g/mol. The SMILES string of the molecule is CCO[Si](CCCN1CCCN2CCCN=C21)(OC)OCC. The van der Waals surface area contributed by atoms with Crippen molar-refractivity contribution in [1.29, 1.82) is 0 Å². The van der Waals surface area contributed by atoms with Crippen molar-refractivity contribution in [2.45, 2.75) is 39.2 Å². The molecule has 1 fully saturated rings. The molecule has 2 aliphatic rings. The molecule has 0 aromatic heterocycles. The molecule has 0 radical (unpaired) electrons. The van der Waals surface area contributed by atoms with Gasteiger partial charge in [0.05, 0.1) is 0 Å². The van der Waals surface area contributed by atoms with Gasteiger partial charge in [0.1, 0.15) is 0 Å². The minimum absolute atomic E-state index is 0.643. The summed E-state index contributed by atoms with van der Waals surface area (Å²) >= 11 is 0. The Balaban J connectivity index is 1.86. The van der Waals surface area contributed by atoms with Crippen molar-refractivity contribution in [3.63, 3.8) is 0 Å². The number of nitrogens with zero attached hydrogens (tertiary/aromatic N) is 3. The molecule has 0 saturated carbocycles. The third-order valence-electron chi connectivity index (χ3n) is 4.21. The maximum atomic E-state index is 5.85. The van der Waals surface area contributed by atoms with Crippen LogP contribution < -0.4 is 0 Å². The molecule has 0 aromatic carbocycles. The molecule has 0 bridgehead atoms. The highest BCUT2D eigenvalue weighted by molar-refractivity contribution is 6.60. The van der Waals surface area contributed by atoms with Crippen LogP contribution in [0.2, 0.25) is 6.04 Å². The molecule has 0 atom stereocenters. The Morgan fingerprint density at radius 3 is 2.50 bits per heavy atom. The molecule has 6 nitrogen and oxygen atoms in total. The number of hydrogen-bond donors (Lipinski definition) is 0. The van der Waals surface area contributed by atoms with E-state index >= 15 is 0 Å². The fraction of sp³-hybridized carbons (Fsp3) is 0.933. The summed E-state index contributed by atoms with van der Waals surface area (Å²) in [5.41, 5.74) is 0. The minimum Gasteiger partial charge on any atom is -0.377 e. The lowest BCUT2D eigenvalue weighted by Crippen LogP contribution is -2.53. The Morgan fingerprint density at radius 2 is 1.82 bits per heavy atom. The van der Waals surface area contributed by atoms with Crippen molar-refractivity contribution >= 4 is 14.8 Å². The fourth-order valence-electron chi connectivity index (χ4n) is 3.25. The standard InChI is InChI=1S/C15H31N3O3Si/c1-4-20-22(19-3,21-5-2)14-8-13-18-12-7-11-17-10-6-9-16-15(17)18/h4-14H2,1-3H3. The molecule has 2 rings (SSSR count). The van der Waals surface area contributed by atoms with Crippen LogP contribution in [0.5, 0.6) is 0 Å². The first-order chi connectivity index (χ1) is 10.7. The van der Waals surface area contributed by atoms with Crippen molar-refractivity contribution in [2.75, 3.05) is 53.0 Å². The molecule has 128 valence electrons. The Bertz CT molecular complexity index is 362. The van der Waals surface area contributed by atoms with Crippen molar-refractivity contribution < 1.29 is 13.3 Å². The van der Waals surface area contributed by atoms with E-state index in [2.05, 4.69) is 9.80 Å². The summed E-state index contributed by atoms with van der Waals surface area (Å²) in [4.78, 5) is 9.58. The van der Waals surface area contributed by atoms with Crippen molar-refractivity contribution in [3.05, 3.63) is 0 Å². The maximum absolute atomic E-state index is 5.85. The summed E-state index contributed by atoms with van der Waals surface area (Å²) < 4.78 is 17.4. The highest BCUT2D eigenvalue weighted by atomic mass is 28.4. The first-order valence-corrected chi connectivity index (χ1v) is 10.5. The molecule has 0 aliphatic carbocycles. The van der Waals surface area contributed by atoms with E-state index in [0.717, 1.165) is 45.2 Å². The fourth-order valence-corrected chi connectivity index (χ4v) is 5.53. The number of fused-ring (bicyclic) bond motifs is 1. The predicted molar refractivity (Wildman–Crippen MR) is 90.1 cm³/mol. The van der Waals surface area contributed by atoms with Gasteiger partial charge in [0.15, 0.2) is 5.96 Å². The van der Waals surface area contributed by atoms with Gasteiger partial charge < -0.3 is 23.1 Å². The summed E-state index contributed by atoms with van der Waals surface area (Å²) in [6.45, 7) is 10.7. The van der Waals surface area contributed by atoms with Crippen LogP contribution in [-0.2, 0) is 13.3 Å². The van der Waals surface area contributed by atoms with Gasteiger partial charge in [0.25, 0.3) is 0 Å². The van der Waals surface area contributed by atoms with Gasteiger partial charge >= 0.3 is 8.80 Å². The Hall–Kier alpha value is -0.633. The largest absolute Gasteiger partial charge is 0.500 e. The van der Waals surface area contributed by atoms with Gasteiger partial charge in [-0.25, -0.2) is 0 Å². The third-order valence-corrected chi connectivity index (χ3v) is 7.26. The van der Waals surface area contributed by atoms with E-state index in [1.165, 1.54) is 18.8 Å². The molecule has 7 heteroatoms. The van der Waals surface area contributed by atoms with Crippen LogP contribution in [0.1, 0.15) is 33.1 Å². The molecule has 0 spiro atoms. The molecular formula is C15H31N3O3Si. The molecule has 0 N–H and O–H groups in total. The van der Waals surface area contributed by atoms with Crippen molar-refractivity contribution in [1.82, 2.24) is 9.80 Å². The Labute approximate surface area is 135 Å². The van der Waals surface area contributed by atoms with Crippen LogP contribution in [0.15, 0.2) is 4.99 Å². The van der Waals surface area contributed by atoms with Crippen LogP contribution in [0.3, 0.4) is 0 Å². The first kappa shape index (κ1) is 17.7. The summed E-state index contributed by atoms with van der Waals surface area (Å²) in [5.74, 6) is 1.20.